The van der Waals surface area contributed by atoms with Crippen LogP contribution in [-0.2, 0) is 19.1 Å². The number of carbonyl (C=O) groups is 4. The van der Waals surface area contributed by atoms with Gasteiger partial charge in [0.1, 0.15) is 0 Å². The lowest BCUT2D eigenvalue weighted by Crippen LogP contribution is -2.42. The van der Waals surface area contributed by atoms with Crippen LogP contribution in [0.5, 0.6) is 0 Å². The van der Waals surface area contributed by atoms with Crippen molar-refractivity contribution in [3.63, 3.8) is 0 Å². The Kier molecular flexibility index (Phi) is 6.32. The summed E-state index contributed by atoms with van der Waals surface area (Å²) in [6, 6.07) is 4.01. The predicted molar refractivity (Wildman–Crippen MR) is 88.2 cm³/mol. The Labute approximate surface area is 150 Å². The van der Waals surface area contributed by atoms with Crippen molar-refractivity contribution in [2.45, 2.75) is 25.7 Å². The largest absolute Gasteiger partial charge is 0.550 e. The van der Waals surface area contributed by atoms with Gasteiger partial charge in [-0.15, -0.1) is 0 Å². The van der Waals surface area contributed by atoms with Crippen LogP contribution in [0.4, 0.5) is 5.69 Å². The monoisotopic (exact) mass is 362 g/mol. The van der Waals surface area contributed by atoms with Crippen molar-refractivity contribution < 1.29 is 33.8 Å². The molecule has 1 N–H and O–H groups in total. The number of carboxylic acids is 1. The first-order valence-electron chi connectivity index (χ1n) is 8.21. The van der Waals surface area contributed by atoms with E-state index in [1.807, 2.05) is 0 Å². The number of hydrogen-bond donors (Lipinski definition) is 1. The van der Waals surface area contributed by atoms with E-state index in [0.29, 0.717) is 19.3 Å². The summed E-state index contributed by atoms with van der Waals surface area (Å²) in [5.74, 6) is -4.78. The van der Waals surface area contributed by atoms with Crippen LogP contribution in [0.1, 0.15) is 46.4 Å². The fourth-order valence-electron chi connectivity index (χ4n) is 3.13. The molecule has 1 aliphatic carbocycles. The molecule has 8 nitrogen and oxygen atoms in total. The molecule has 140 valence electrons. The summed E-state index contributed by atoms with van der Waals surface area (Å²) in [7, 11) is 2.40. The Balaban J connectivity index is 2.33. The highest BCUT2D eigenvalue weighted by atomic mass is 16.5. The van der Waals surface area contributed by atoms with E-state index in [1.165, 1.54) is 32.4 Å². The molecular weight excluding hydrogens is 342 g/mol. The number of aliphatic carboxylic acids is 1. The fourth-order valence-corrected chi connectivity index (χ4v) is 3.13. The van der Waals surface area contributed by atoms with E-state index in [2.05, 4.69) is 14.8 Å². The minimum atomic E-state index is -1.26. The third-order valence-electron chi connectivity index (χ3n) is 4.51. The average Bonchev–Trinajstić information content (AvgIpc) is 2.66. The summed E-state index contributed by atoms with van der Waals surface area (Å²) in [4.78, 5) is 47.6. The minimum absolute atomic E-state index is 0.0503. The molecule has 1 aliphatic rings. The molecule has 0 spiro atoms. The van der Waals surface area contributed by atoms with Crippen molar-refractivity contribution in [2.75, 3.05) is 19.5 Å². The quantitative estimate of drug-likeness (QED) is 0.767. The van der Waals surface area contributed by atoms with Crippen LogP contribution in [0.3, 0.4) is 0 Å². The Morgan fingerprint density at radius 3 is 2.19 bits per heavy atom. The zero-order chi connectivity index (χ0) is 19.3. The zero-order valence-electron chi connectivity index (χ0n) is 14.6. The maximum absolute atomic E-state index is 12.6. The van der Waals surface area contributed by atoms with Gasteiger partial charge in [0.05, 0.1) is 31.0 Å². The number of esters is 2. The van der Waals surface area contributed by atoms with Gasteiger partial charge >= 0.3 is 11.9 Å². The lowest BCUT2D eigenvalue weighted by atomic mass is 9.78. The number of hydrogen-bond acceptors (Lipinski definition) is 7. The minimum Gasteiger partial charge on any atom is -0.550 e. The van der Waals surface area contributed by atoms with Crippen LogP contribution in [-0.4, -0.2) is 38.0 Å². The predicted octanol–water partition coefficient (Wildman–Crippen LogP) is 0.755. The fraction of sp³-hybridized carbons (Fsp3) is 0.444. The molecule has 1 aromatic rings. The standard InChI is InChI=1S/C18H21NO7/c1-25-17(23)10-7-8-13(18(24)26-2)14(9-10)19-15(20)11-5-3-4-6-12(11)16(21)22/h7-9,11-12H,3-6H2,1-2H3,(H,19,20)(H,21,22)/p-1/t11-,12-/m0/s1. The van der Waals surface area contributed by atoms with E-state index in [4.69, 9.17) is 0 Å². The van der Waals surface area contributed by atoms with E-state index in [-0.39, 0.29) is 16.8 Å². The van der Waals surface area contributed by atoms with Crippen LogP contribution in [0.25, 0.3) is 0 Å². The number of ether oxygens (including phenoxy) is 2. The first-order chi connectivity index (χ1) is 12.4. The third-order valence-corrected chi connectivity index (χ3v) is 4.51. The number of anilines is 1. The summed E-state index contributed by atoms with van der Waals surface area (Å²) >= 11 is 0. The molecule has 0 bridgehead atoms. The van der Waals surface area contributed by atoms with Gasteiger partial charge < -0.3 is 24.7 Å². The Bertz CT molecular complexity index is 728. The maximum Gasteiger partial charge on any atom is 0.339 e. The molecule has 1 amide bonds. The smallest absolute Gasteiger partial charge is 0.339 e. The lowest BCUT2D eigenvalue weighted by molar-refractivity contribution is -0.313. The lowest BCUT2D eigenvalue weighted by Gasteiger charge is -2.31. The number of nitrogens with one attached hydrogen (secondary N) is 1. The molecule has 1 saturated carbocycles. The second-order valence-electron chi connectivity index (χ2n) is 6.05. The molecule has 26 heavy (non-hydrogen) atoms. The number of methoxy groups -OCH3 is 2. The summed E-state index contributed by atoms with van der Waals surface area (Å²) in [5, 5.41) is 13.9. The van der Waals surface area contributed by atoms with Gasteiger partial charge in [0.2, 0.25) is 5.91 Å². The number of carboxylic acid groups (broad SMARTS) is 1. The van der Waals surface area contributed by atoms with Gasteiger partial charge in [-0.1, -0.05) is 12.8 Å². The average molecular weight is 362 g/mol. The first kappa shape index (κ1) is 19.4. The molecule has 8 heteroatoms. The molecule has 2 rings (SSSR count). The van der Waals surface area contributed by atoms with E-state index in [1.54, 1.807) is 0 Å². The van der Waals surface area contributed by atoms with Crippen molar-refractivity contribution in [1.82, 2.24) is 0 Å². The molecule has 0 aliphatic heterocycles. The topological polar surface area (TPSA) is 122 Å². The molecule has 0 heterocycles. The Morgan fingerprint density at radius 1 is 1.00 bits per heavy atom. The van der Waals surface area contributed by atoms with E-state index in [9.17, 15) is 24.3 Å². The third kappa shape index (κ3) is 4.19. The van der Waals surface area contributed by atoms with Crippen molar-refractivity contribution in [1.29, 1.82) is 0 Å². The molecule has 2 atom stereocenters. The van der Waals surface area contributed by atoms with Crippen LogP contribution < -0.4 is 10.4 Å². The normalized spacial score (nSPS) is 19.3. The van der Waals surface area contributed by atoms with Crippen LogP contribution in [0.15, 0.2) is 18.2 Å². The Morgan fingerprint density at radius 2 is 1.62 bits per heavy atom. The van der Waals surface area contributed by atoms with Gasteiger partial charge in [0, 0.05) is 17.8 Å². The second-order valence-corrected chi connectivity index (χ2v) is 6.05. The van der Waals surface area contributed by atoms with Gasteiger partial charge in [-0.2, -0.15) is 0 Å². The van der Waals surface area contributed by atoms with Gasteiger partial charge in [0.15, 0.2) is 0 Å². The van der Waals surface area contributed by atoms with Crippen molar-refractivity contribution in [3.8, 4) is 0 Å². The summed E-state index contributed by atoms with van der Waals surface area (Å²) in [6.45, 7) is 0. The number of rotatable bonds is 5. The van der Waals surface area contributed by atoms with Gasteiger partial charge in [-0.3, -0.25) is 4.79 Å². The highest BCUT2D eigenvalue weighted by Gasteiger charge is 2.32. The van der Waals surface area contributed by atoms with Crippen LogP contribution in [0.2, 0.25) is 0 Å². The van der Waals surface area contributed by atoms with Gasteiger partial charge in [-0.25, -0.2) is 9.59 Å². The van der Waals surface area contributed by atoms with Gasteiger partial charge in [-0.05, 0) is 31.0 Å². The van der Waals surface area contributed by atoms with Gasteiger partial charge in [0.25, 0.3) is 0 Å². The number of benzene rings is 1. The maximum atomic E-state index is 12.6. The SMILES string of the molecule is COC(=O)c1ccc(C(=O)OC)c(NC(=O)[C@H]2CCCC[C@@H]2C(=O)[O-])c1. The molecule has 0 radical (unpaired) electrons. The molecule has 1 fully saturated rings. The first-order valence-corrected chi connectivity index (χ1v) is 8.21. The summed E-state index contributed by atoms with van der Waals surface area (Å²) in [6.07, 6.45) is 2.22. The van der Waals surface area contributed by atoms with Crippen LogP contribution >= 0.6 is 0 Å². The van der Waals surface area contributed by atoms with E-state index in [0.717, 1.165) is 6.42 Å². The molecule has 0 saturated heterocycles. The molecule has 0 aromatic heterocycles. The van der Waals surface area contributed by atoms with Crippen molar-refractivity contribution >= 4 is 29.5 Å². The zero-order valence-corrected chi connectivity index (χ0v) is 14.6. The summed E-state index contributed by atoms with van der Waals surface area (Å²) in [5.41, 5.74) is 0.247. The molecular formula is C18H20NO7-. The van der Waals surface area contributed by atoms with Crippen LogP contribution in [0, 0.1) is 11.8 Å². The van der Waals surface area contributed by atoms with Crippen molar-refractivity contribution in [3.05, 3.63) is 29.3 Å². The molecule has 0 unspecified atom stereocenters. The highest BCUT2D eigenvalue weighted by Crippen LogP contribution is 2.31. The number of carbonyl (C=O) groups excluding carboxylic acids is 4. The second kappa shape index (κ2) is 8.46. The Hall–Kier alpha value is -2.90. The summed E-state index contributed by atoms with van der Waals surface area (Å²) < 4.78 is 9.31. The van der Waals surface area contributed by atoms with E-state index >= 15 is 0 Å². The van der Waals surface area contributed by atoms with Crippen molar-refractivity contribution in [2.24, 2.45) is 11.8 Å². The number of amides is 1. The molecule has 1 aromatic carbocycles. The van der Waals surface area contributed by atoms with E-state index < -0.39 is 35.7 Å². The highest BCUT2D eigenvalue weighted by molar-refractivity contribution is 6.04.